The third-order valence-corrected chi connectivity index (χ3v) is 3.08. The molecular formula is C4H10AtNO2. The van der Waals surface area contributed by atoms with Crippen molar-refractivity contribution in [1.29, 1.82) is 0 Å². The second-order valence-electron chi connectivity index (χ2n) is 1.32. The van der Waals surface area contributed by atoms with Gasteiger partial charge < -0.3 is 0 Å². The second kappa shape index (κ2) is 7.28. The van der Waals surface area contributed by atoms with E-state index in [0.717, 1.165) is 4.13 Å². The Bertz CT molecular complexity index is 60.0. The number of rotatable bonds is 5. The Morgan fingerprint density at radius 2 is 2.50 bits per heavy atom. The number of hydrogen-bond donors (Lipinski definition) is 0. The minimum absolute atomic E-state index is 0.789. The molecule has 0 bridgehead atoms. The van der Waals surface area contributed by atoms with Crippen molar-refractivity contribution >= 4 is 0 Å². The zero-order valence-corrected chi connectivity index (χ0v) is 7.97. The molecule has 50 valence electrons. The zero-order valence-electron chi connectivity index (χ0n) is 4.79. The van der Waals surface area contributed by atoms with Crippen molar-refractivity contribution in [3.8, 4) is 0 Å². The van der Waals surface area contributed by atoms with Crippen LogP contribution in [0.5, 0.6) is 0 Å². The average Bonchev–Trinajstić information content (AvgIpc) is 1.81. The molecule has 0 rings (SSSR count). The van der Waals surface area contributed by atoms with E-state index in [1.807, 2.05) is 0 Å². The molecule has 0 aromatic heterocycles. The van der Waals surface area contributed by atoms with E-state index >= 15 is 0 Å². The fraction of sp³-hybridized carbons (Fsp3) is 1.00. The molecular weight excluding hydrogens is 304 g/mol. The SMILES string of the molecule is CCCC[AtH]ON=O. The summed E-state index contributed by atoms with van der Waals surface area (Å²) in [5.41, 5.74) is 0. The molecule has 0 aliphatic rings. The zero-order chi connectivity index (χ0) is 6.24. The molecule has 0 spiro atoms. The summed E-state index contributed by atoms with van der Waals surface area (Å²) in [6.45, 7) is 2.12. The molecule has 0 fully saturated rings. The molecule has 0 aliphatic carbocycles. The number of hydrogen-bond acceptors (Lipinski definition) is 3. The van der Waals surface area contributed by atoms with Gasteiger partial charge >= 0.3 is 60.7 Å². The molecule has 0 aromatic carbocycles. The maximum absolute atomic E-state index is 9.34. The summed E-state index contributed by atoms with van der Waals surface area (Å²) in [5, 5.41) is 2.33. The Morgan fingerprint density at radius 3 is 3.00 bits per heavy atom. The maximum atomic E-state index is 9.34. The molecule has 0 heterocycles. The first kappa shape index (κ1) is 8.28. The van der Waals surface area contributed by atoms with Crippen LogP contribution in [-0.4, -0.2) is 0 Å². The van der Waals surface area contributed by atoms with Gasteiger partial charge in [-0.2, -0.15) is 0 Å². The van der Waals surface area contributed by atoms with Gasteiger partial charge in [0, 0.05) is 0 Å². The normalized spacial score (nSPS) is 9.12. The standard InChI is InChI=1S/C4H10AtNO2/c1-2-3-4-5-8-6-7/h5H,2-4H2,1H3. The number of nitrogens with zero attached hydrogens (tertiary/aromatic N) is 1. The van der Waals surface area contributed by atoms with Crippen LogP contribution in [0.25, 0.3) is 0 Å². The Balaban J connectivity index is 2.62. The van der Waals surface area contributed by atoms with Crippen LogP contribution in [0.1, 0.15) is 19.8 Å². The van der Waals surface area contributed by atoms with Crippen LogP contribution in [0.15, 0.2) is 5.34 Å². The van der Waals surface area contributed by atoms with Gasteiger partial charge in [0.2, 0.25) is 0 Å². The molecule has 0 saturated heterocycles. The molecule has 0 unspecified atom stereocenters. The Labute approximate surface area is 60.9 Å². The van der Waals surface area contributed by atoms with Gasteiger partial charge in [-0.05, 0) is 0 Å². The van der Waals surface area contributed by atoms with Gasteiger partial charge in [0.05, 0.1) is 0 Å². The van der Waals surface area contributed by atoms with Crippen LogP contribution in [0.4, 0.5) is 0 Å². The molecule has 0 aliphatic heterocycles. The first-order valence-electron chi connectivity index (χ1n) is 2.53. The van der Waals surface area contributed by atoms with E-state index < -0.39 is 23.7 Å². The van der Waals surface area contributed by atoms with E-state index in [1.54, 1.807) is 0 Å². The van der Waals surface area contributed by atoms with E-state index in [4.69, 9.17) is 0 Å². The third kappa shape index (κ3) is 6.28. The molecule has 0 saturated carbocycles. The molecule has 4 heteroatoms. The van der Waals surface area contributed by atoms with Gasteiger partial charge in [0.1, 0.15) is 0 Å². The summed E-state index contributed by atoms with van der Waals surface area (Å²) < 4.78 is 5.47. The molecule has 3 nitrogen and oxygen atoms in total. The van der Waals surface area contributed by atoms with Crippen LogP contribution in [0, 0.1) is 28.6 Å². The average molecular weight is 314 g/mol. The predicted molar refractivity (Wildman–Crippen MR) is 28.0 cm³/mol. The predicted octanol–water partition coefficient (Wildman–Crippen LogP) is 1.64. The van der Waals surface area contributed by atoms with E-state index in [1.165, 1.54) is 12.8 Å². The third-order valence-electron chi connectivity index (χ3n) is 0.664. The fourth-order valence-corrected chi connectivity index (χ4v) is 2.30. The monoisotopic (exact) mass is 314 g/mol. The van der Waals surface area contributed by atoms with Gasteiger partial charge in [-0.3, -0.25) is 0 Å². The van der Waals surface area contributed by atoms with Crippen LogP contribution >= 0.6 is 0 Å². The Hall–Kier alpha value is 0.283. The molecule has 0 N–H and O–H groups in total. The van der Waals surface area contributed by atoms with Crippen LogP contribution in [0.2, 0.25) is 4.13 Å². The van der Waals surface area contributed by atoms with Gasteiger partial charge in [0.15, 0.2) is 0 Å². The van der Waals surface area contributed by atoms with E-state index in [0.29, 0.717) is 0 Å². The van der Waals surface area contributed by atoms with Crippen molar-refractivity contribution in [2.45, 2.75) is 23.9 Å². The van der Waals surface area contributed by atoms with Crippen molar-refractivity contribution in [1.82, 2.24) is 0 Å². The topological polar surface area (TPSA) is 38.7 Å². The molecule has 0 amide bonds. The summed E-state index contributed by atoms with van der Waals surface area (Å²) in [6.07, 6.45) is 2.36. The summed E-state index contributed by atoms with van der Waals surface area (Å²) in [6, 6.07) is 0. The first-order valence-corrected chi connectivity index (χ1v) is 6.07. The van der Waals surface area contributed by atoms with E-state index in [-0.39, 0.29) is 0 Å². The van der Waals surface area contributed by atoms with Gasteiger partial charge in [-0.25, -0.2) is 0 Å². The van der Waals surface area contributed by atoms with Crippen LogP contribution in [0.3, 0.4) is 0 Å². The molecule has 8 heavy (non-hydrogen) atoms. The van der Waals surface area contributed by atoms with Gasteiger partial charge in [-0.15, -0.1) is 0 Å². The van der Waals surface area contributed by atoms with Crippen molar-refractivity contribution in [2.75, 3.05) is 0 Å². The van der Waals surface area contributed by atoms with Crippen molar-refractivity contribution in [2.24, 2.45) is 5.34 Å². The first-order chi connectivity index (χ1) is 3.91. The molecule has 0 atom stereocenters. The van der Waals surface area contributed by atoms with E-state index in [9.17, 15) is 4.91 Å². The van der Waals surface area contributed by atoms with Crippen LogP contribution < -0.4 is 0 Å². The molecule has 0 radical (unpaired) electrons. The van der Waals surface area contributed by atoms with Crippen molar-refractivity contribution in [3.63, 3.8) is 0 Å². The number of unbranched alkanes of at least 4 members (excludes halogenated alkanes) is 1. The second-order valence-corrected chi connectivity index (χ2v) is 4.41. The van der Waals surface area contributed by atoms with Gasteiger partial charge in [0.25, 0.3) is 0 Å². The van der Waals surface area contributed by atoms with Crippen molar-refractivity contribution in [3.05, 3.63) is 4.91 Å². The molecule has 0 aromatic rings. The summed E-state index contributed by atoms with van der Waals surface area (Å²) >= 11 is -0.789. The summed E-state index contributed by atoms with van der Waals surface area (Å²) in [4.78, 5) is 9.34. The summed E-state index contributed by atoms with van der Waals surface area (Å²) in [5.74, 6) is 0. The van der Waals surface area contributed by atoms with Gasteiger partial charge in [-0.1, -0.05) is 0 Å². The minimum atomic E-state index is -0.789. The van der Waals surface area contributed by atoms with Crippen molar-refractivity contribution < 1.29 is 26.6 Å². The van der Waals surface area contributed by atoms with Crippen LogP contribution in [-0.2, 0) is 2.91 Å². The Morgan fingerprint density at radius 1 is 1.75 bits per heavy atom. The summed E-state index contributed by atoms with van der Waals surface area (Å²) in [7, 11) is 0. The van der Waals surface area contributed by atoms with E-state index in [2.05, 4.69) is 15.2 Å². The quantitative estimate of drug-likeness (QED) is 0.440. The fourth-order valence-electron chi connectivity index (χ4n) is 0.262. The Kier molecular flexibility index (Phi) is 7.54.